The number of nitrogens with two attached hydrogens (primary N) is 2. The van der Waals surface area contributed by atoms with Crippen LogP contribution in [0.4, 0.5) is 10.7 Å². The lowest BCUT2D eigenvalue weighted by Gasteiger charge is -2.38. The van der Waals surface area contributed by atoms with Gasteiger partial charge in [-0.25, -0.2) is 0 Å². The summed E-state index contributed by atoms with van der Waals surface area (Å²) < 4.78 is 0. The van der Waals surface area contributed by atoms with E-state index < -0.39 is 5.91 Å². The number of piperazine rings is 1. The molecule has 20 heavy (non-hydrogen) atoms. The van der Waals surface area contributed by atoms with Gasteiger partial charge >= 0.3 is 0 Å². The second kappa shape index (κ2) is 4.96. The number of hydrogen-bond acceptors (Lipinski definition) is 6. The van der Waals surface area contributed by atoms with Crippen LogP contribution in [-0.2, 0) is 0 Å². The summed E-state index contributed by atoms with van der Waals surface area (Å²) in [6, 6.07) is 2.67. The zero-order valence-corrected chi connectivity index (χ0v) is 11.9. The average Bonchev–Trinajstić information content (AvgIpc) is 3.01. The largest absolute Gasteiger partial charge is 0.396 e. The van der Waals surface area contributed by atoms with Crippen molar-refractivity contribution in [2.24, 2.45) is 5.73 Å². The molecule has 0 radical (unpaired) electrons. The minimum Gasteiger partial charge on any atom is -0.396 e. The number of fused-ring (bicyclic) bond motifs is 1. The summed E-state index contributed by atoms with van der Waals surface area (Å²) in [4.78, 5) is 16.4. The van der Waals surface area contributed by atoms with Crippen LogP contribution in [0.1, 0.15) is 28.1 Å². The van der Waals surface area contributed by atoms with Crippen molar-refractivity contribution in [2.75, 3.05) is 36.8 Å². The van der Waals surface area contributed by atoms with Gasteiger partial charge in [0.2, 0.25) is 0 Å². The lowest BCUT2D eigenvalue weighted by atomic mass is 10.1. The monoisotopic (exact) mass is 291 g/mol. The molecular weight excluding hydrogens is 274 g/mol. The highest BCUT2D eigenvalue weighted by Crippen LogP contribution is 2.39. The Bertz CT molecular complexity index is 590. The zero-order valence-electron chi connectivity index (χ0n) is 11.1. The van der Waals surface area contributed by atoms with Gasteiger partial charge in [-0.1, -0.05) is 0 Å². The van der Waals surface area contributed by atoms with Gasteiger partial charge in [0.1, 0.15) is 21.5 Å². The molecule has 0 saturated carbocycles. The van der Waals surface area contributed by atoms with Crippen LogP contribution in [0.2, 0.25) is 0 Å². The quantitative estimate of drug-likeness (QED) is 0.830. The number of nitrogens with zero attached hydrogens (tertiary/aromatic N) is 3. The maximum absolute atomic E-state index is 11.4. The molecule has 2 fully saturated rings. The minimum atomic E-state index is -0.560. The molecule has 1 unspecified atom stereocenters. The Balaban J connectivity index is 1.92. The summed E-state index contributed by atoms with van der Waals surface area (Å²) in [5.74, 6) is -0.560. The van der Waals surface area contributed by atoms with Crippen molar-refractivity contribution in [3.8, 4) is 6.07 Å². The van der Waals surface area contributed by atoms with Crippen molar-refractivity contribution < 1.29 is 4.79 Å². The van der Waals surface area contributed by atoms with E-state index in [9.17, 15) is 10.1 Å². The van der Waals surface area contributed by atoms with Crippen molar-refractivity contribution in [3.63, 3.8) is 0 Å². The molecule has 4 N–H and O–H groups in total. The van der Waals surface area contributed by atoms with Gasteiger partial charge in [0.25, 0.3) is 5.91 Å². The molecule has 2 aliphatic heterocycles. The maximum Gasteiger partial charge on any atom is 0.261 e. The number of amides is 1. The van der Waals surface area contributed by atoms with Crippen molar-refractivity contribution in [2.45, 2.75) is 18.9 Å². The first kappa shape index (κ1) is 13.2. The Kier molecular flexibility index (Phi) is 3.28. The average molecular weight is 291 g/mol. The number of anilines is 2. The second-order valence-corrected chi connectivity index (χ2v) is 6.28. The van der Waals surface area contributed by atoms with Crippen LogP contribution in [0, 0.1) is 11.3 Å². The Morgan fingerprint density at radius 3 is 2.90 bits per heavy atom. The lowest BCUT2D eigenvalue weighted by Crippen LogP contribution is -2.50. The summed E-state index contributed by atoms with van der Waals surface area (Å²) in [5.41, 5.74) is 11.8. The van der Waals surface area contributed by atoms with E-state index in [0.29, 0.717) is 16.5 Å². The van der Waals surface area contributed by atoms with Gasteiger partial charge in [-0.2, -0.15) is 5.26 Å². The molecule has 1 atom stereocenters. The van der Waals surface area contributed by atoms with Crippen LogP contribution in [-0.4, -0.2) is 43.0 Å². The molecule has 1 aromatic rings. The zero-order chi connectivity index (χ0) is 14.3. The van der Waals surface area contributed by atoms with Crippen molar-refractivity contribution in [1.82, 2.24) is 4.90 Å². The topological polar surface area (TPSA) is 99.4 Å². The van der Waals surface area contributed by atoms with E-state index in [-0.39, 0.29) is 5.69 Å². The summed E-state index contributed by atoms with van der Waals surface area (Å²) in [5, 5.41) is 10.1. The van der Waals surface area contributed by atoms with E-state index in [1.54, 1.807) is 0 Å². The van der Waals surface area contributed by atoms with Crippen LogP contribution in [0.15, 0.2) is 0 Å². The Hall–Kier alpha value is -1.78. The van der Waals surface area contributed by atoms with Crippen LogP contribution < -0.4 is 16.4 Å². The number of nitrogen functional groups attached to an aromatic ring is 1. The highest BCUT2D eigenvalue weighted by atomic mass is 32.1. The number of hydrogen-bond donors (Lipinski definition) is 2. The van der Waals surface area contributed by atoms with E-state index in [1.807, 2.05) is 0 Å². The third kappa shape index (κ3) is 2.01. The third-order valence-corrected chi connectivity index (χ3v) is 5.42. The molecule has 106 valence electrons. The van der Waals surface area contributed by atoms with E-state index in [4.69, 9.17) is 11.5 Å². The van der Waals surface area contributed by atoms with Gasteiger partial charge in [-0.15, -0.1) is 11.3 Å². The molecular formula is C13H17N5OS. The Morgan fingerprint density at radius 1 is 1.40 bits per heavy atom. The standard InChI is InChI=1S/C13H17N5OS/c14-6-9-10(15)11(12(16)19)20-13(9)18-5-4-17-3-1-2-8(17)7-18/h8H,1-5,7,15H2,(H2,16,19). The molecule has 1 aromatic heterocycles. The van der Waals surface area contributed by atoms with Crippen molar-refractivity contribution >= 4 is 27.9 Å². The number of carbonyl (C=O) groups is 1. The molecule has 0 aliphatic carbocycles. The summed E-state index contributed by atoms with van der Waals surface area (Å²) >= 11 is 1.24. The molecule has 3 heterocycles. The van der Waals surface area contributed by atoms with E-state index in [1.165, 1.54) is 30.7 Å². The van der Waals surface area contributed by atoms with Gasteiger partial charge in [0.15, 0.2) is 0 Å². The van der Waals surface area contributed by atoms with Crippen molar-refractivity contribution in [1.29, 1.82) is 5.26 Å². The number of carbonyl (C=O) groups excluding carboxylic acids is 1. The number of nitriles is 1. The van der Waals surface area contributed by atoms with E-state index in [0.717, 1.165) is 24.6 Å². The van der Waals surface area contributed by atoms with Gasteiger partial charge in [0, 0.05) is 25.7 Å². The van der Waals surface area contributed by atoms with E-state index >= 15 is 0 Å². The van der Waals surface area contributed by atoms with Gasteiger partial charge in [-0.3, -0.25) is 9.69 Å². The molecule has 6 nitrogen and oxygen atoms in total. The number of primary amides is 1. The molecule has 0 bridgehead atoms. The predicted molar refractivity (Wildman–Crippen MR) is 78.8 cm³/mol. The predicted octanol–water partition coefficient (Wildman–Crippen LogP) is 0.585. The highest BCUT2D eigenvalue weighted by Gasteiger charge is 2.33. The molecule has 0 aromatic carbocycles. The van der Waals surface area contributed by atoms with Crippen LogP contribution in [0.25, 0.3) is 0 Å². The fraction of sp³-hybridized carbons (Fsp3) is 0.538. The first-order chi connectivity index (χ1) is 9.61. The van der Waals surface area contributed by atoms with Gasteiger partial charge in [0.05, 0.1) is 5.69 Å². The molecule has 0 spiro atoms. The number of thiophene rings is 1. The molecule has 7 heteroatoms. The SMILES string of the molecule is N#Cc1c(N2CCN3CCCC3C2)sc(C(N)=O)c1N. The first-order valence-electron chi connectivity index (χ1n) is 6.73. The van der Waals surface area contributed by atoms with E-state index in [2.05, 4.69) is 15.9 Å². The first-order valence-corrected chi connectivity index (χ1v) is 7.54. The Labute approximate surface area is 121 Å². The second-order valence-electron chi connectivity index (χ2n) is 5.28. The summed E-state index contributed by atoms with van der Waals surface area (Å²) in [6.07, 6.45) is 2.44. The molecule has 2 saturated heterocycles. The fourth-order valence-corrected chi connectivity index (χ4v) is 4.18. The lowest BCUT2D eigenvalue weighted by molar-refractivity contribution is 0.100. The highest BCUT2D eigenvalue weighted by molar-refractivity contribution is 7.19. The summed E-state index contributed by atoms with van der Waals surface area (Å²) in [6.45, 7) is 3.93. The normalized spacial score (nSPS) is 22.6. The van der Waals surface area contributed by atoms with Crippen molar-refractivity contribution in [3.05, 3.63) is 10.4 Å². The number of rotatable bonds is 2. The third-order valence-electron chi connectivity index (χ3n) is 4.14. The molecule has 3 rings (SSSR count). The van der Waals surface area contributed by atoms with Gasteiger partial charge in [-0.05, 0) is 19.4 Å². The minimum absolute atomic E-state index is 0.230. The summed E-state index contributed by atoms with van der Waals surface area (Å²) in [7, 11) is 0. The van der Waals surface area contributed by atoms with Gasteiger partial charge < -0.3 is 16.4 Å². The maximum atomic E-state index is 11.4. The van der Waals surface area contributed by atoms with Crippen LogP contribution >= 0.6 is 11.3 Å². The molecule has 1 amide bonds. The fourth-order valence-electron chi connectivity index (χ4n) is 3.12. The Morgan fingerprint density at radius 2 is 2.20 bits per heavy atom. The van der Waals surface area contributed by atoms with Crippen LogP contribution in [0.3, 0.4) is 0 Å². The molecule has 2 aliphatic rings. The smallest absolute Gasteiger partial charge is 0.261 e. The van der Waals surface area contributed by atoms with Crippen LogP contribution in [0.5, 0.6) is 0 Å².